The van der Waals surface area contributed by atoms with E-state index in [0.29, 0.717) is 12.5 Å². The Labute approximate surface area is 176 Å². The minimum absolute atomic E-state index is 0.498. The summed E-state index contributed by atoms with van der Waals surface area (Å²) in [6, 6.07) is 21.9. The number of benzene rings is 2. The van der Waals surface area contributed by atoms with Crippen molar-refractivity contribution in [2.45, 2.75) is 13.5 Å². The van der Waals surface area contributed by atoms with Crippen molar-refractivity contribution in [3.8, 4) is 17.0 Å². The maximum absolute atomic E-state index is 5.48. The van der Waals surface area contributed by atoms with Gasteiger partial charge in [-0.1, -0.05) is 36.4 Å². The van der Waals surface area contributed by atoms with Crippen LogP contribution in [0.15, 0.2) is 79.1 Å². The average molecular weight is 397 g/mol. The number of nitrogens with one attached hydrogen (secondary N) is 2. The molecule has 2 heterocycles. The summed E-state index contributed by atoms with van der Waals surface area (Å²) in [6.45, 7) is 2.68. The molecule has 0 saturated heterocycles. The molecule has 0 radical (unpaired) electrons. The molecule has 4 aromatic rings. The lowest BCUT2D eigenvalue weighted by Crippen LogP contribution is -2.06. The van der Waals surface area contributed by atoms with Crippen LogP contribution in [-0.2, 0) is 6.54 Å². The molecule has 0 aliphatic carbocycles. The van der Waals surface area contributed by atoms with Gasteiger partial charge in [0.1, 0.15) is 11.6 Å². The van der Waals surface area contributed by atoms with Gasteiger partial charge in [0.25, 0.3) is 0 Å². The van der Waals surface area contributed by atoms with Crippen LogP contribution >= 0.6 is 0 Å². The van der Waals surface area contributed by atoms with E-state index >= 15 is 0 Å². The lowest BCUT2D eigenvalue weighted by molar-refractivity contribution is 0.416. The molecule has 0 unspecified atom stereocenters. The Morgan fingerprint density at radius 1 is 0.900 bits per heavy atom. The zero-order valence-electron chi connectivity index (χ0n) is 17.0. The first-order valence-corrected chi connectivity index (χ1v) is 9.70. The number of hydrogen-bond acceptors (Lipinski definition) is 6. The van der Waals surface area contributed by atoms with Gasteiger partial charge in [0.15, 0.2) is 0 Å². The Kier molecular flexibility index (Phi) is 5.85. The van der Waals surface area contributed by atoms with Crippen molar-refractivity contribution in [3.05, 3.63) is 90.3 Å². The van der Waals surface area contributed by atoms with Gasteiger partial charge in [-0.25, -0.2) is 4.98 Å². The van der Waals surface area contributed by atoms with Gasteiger partial charge in [-0.2, -0.15) is 4.98 Å². The van der Waals surface area contributed by atoms with Gasteiger partial charge in [0.05, 0.1) is 18.5 Å². The number of anilines is 3. The smallest absolute Gasteiger partial charge is 0.229 e. The van der Waals surface area contributed by atoms with E-state index in [9.17, 15) is 0 Å². The van der Waals surface area contributed by atoms with Crippen LogP contribution in [-0.4, -0.2) is 22.1 Å². The Morgan fingerprint density at radius 3 is 2.47 bits per heavy atom. The molecule has 2 N–H and O–H groups in total. The van der Waals surface area contributed by atoms with E-state index in [1.54, 1.807) is 19.5 Å². The number of hydrogen-bond donors (Lipinski definition) is 2. The van der Waals surface area contributed by atoms with E-state index in [2.05, 4.69) is 20.6 Å². The van der Waals surface area contributed by atoms with Crippen molar-refractivity contribution in [2.75, 3.05) is 17.7 Å². The first-order chi connectivity index (χ1) is 14.7. The summed E-state index contributed by atoms with van der Waals surface area (Å²) in [7, 11) is 1.65. The molecule has 0 atom stereocenters. The van der Waals surface area contributed by atoms with Gasteiger partial charge >= 0.3 is 0 Å². The second-order valence-corrected chi connectivity index (χ2v) is 6.87. The van der Waals surface area contributed by atoms with E-state index in [1.165, 1.54) is 0 Å². The highest BCUT2D eigenvalue weighted by Crippen LogP contribution is 2.29. The van der Waals surface area contributed by atoms with Crippen molar-refractivity contribution >= 4 is 17.5 Å². The SMILES string of the molecule is COc1ccc(C)cc1Nc1nc(NCc2ccncc2)cc(-c2ccccc2)n1. The van der Waals surface area contributed by atoms with Crippen LogP contribution in [0.4, 0.5) is 17.5 Å². The van der Waals surface area contributed by atoms with Crippen LogP contribution in [0.3, 0.4) is 0 Å². The molecular weight excluding hydrogens is 374 g/mol. The molecule has 0 amide bonds. The number of aromatic nitrogens is 3. The Hall–Kier alpha value is -3.93. The number of nitrogens with zero attached hydrogens (tertiary/aromatic N) is 3. The molecule has 2 aromatic heterocycles. The van der Waals surface area contributed by atoms with Crippen molar-refractivity contribution in [3.63, 3.8) is 0 Å². The summed E-state index contributed by atoms with van der Waals surface area (Å²) in [5.74, 6) is 1.97. The zero-order chi connectivity index (χ0) is 20.8. The third-order valence-corrected chi connectivity index (χ3v) is 4.62. The highest BCUT2D eigenvalue weighted by Gasteiger charge is 2.10. The Morgan fingerprint density at radius 2 is 1.70 bits per heavy atom. The fourth-order valence-corrected chi connectivity index (χ4v) is 3.08. The Balaban J connectivity index is 1.67. The first-order valence-electron chi connectivity index (χ1n) is 9.70. The maximum atomic E-state index is 5.48. The monoisotopic (exact) mass is 397 g/mol. The van der Waals surface area contributed by atoms with Gasteiger partial charge in [-0.15, -0.1) is 0 Å². The number of ether oxygens (including phenoxy) is 1. The molecule has 0 spiro atoms. The molecule has 0 aliphatic heterocycles. The predicted molar refractivity (Wildman–Crippen MR) is 120 cm³/mol. The minimum Gasteiger partial charge on any atom is -0.495 e. The molecule has 2 aromatic carbocycles. The molecule has 0 aliphatic rings. The minimum atomic E-state index is 0.498. The van der Waals surface area contributed by atoms with Crippen LogP contribution in [0.25, 0.3) is 11.3 Å². The third kappa shape index (κ3) is 4.72. The largest absolute Gasteiger partial charge is 0.495 e. The highest BCUT2D eigenvalue weighted by atomic mass is 16.5. The van der Waals surface area contributed by atoms with E-state index in [0.717, 1.165) is 39.6 Å². The van der Waals surface area contributed by atoms with Crippen molar-refractivity contribution in [1.82, 2.24) is 15.0 Å². The van der Waals surface area contributed by atoms with Crippen LogP contribution in [0, 0.1) is 6.92 Å². The molecule has 0 fully saturated rings. The second kappa shape index (κ2) is 9.05. The molecule has 30 heavy (non-hydrogen) atoms. The molecule has 0 saturated carbocycles. The first kappa shape index (κ1) is 19.4. The quantitative estimate of drug-likeness (QED) is 0.446. The Bertz CT molecular complexity index is 1120. The summed E-state index contributed by atoms with van der Waals surface area (Å²) in [4.78, 5) is 13.5. The third-order valence-electron chi connectivity index (χ3n) is 4.62. The molecular formula is C24H23N5O. The zero-order valence-corrected chi connectivity index (χ0v) is 17.0. The topological polar surface area (TPSA) is 72.0 Å². The van der Waals surface area contributed by atoms with Gasteiger partial charge in [-0.05, 0) is 42.3 Å². The summed E-state index contributed by atoms with van der Waals surface area (Å²) < 4.78 is 5.48. The van der Waals surface area contributed by atoms with Crippen molar-refractivity contribution < 1.29 is 4.74 Å². The van der Waals surface area contributed by atoms with Gasteiger partial charge < -0.3 is 15.4 Å². The summed E-state index contributed by atoms with van der Waals surface area (Å²) in [5.41, 5.74) is 4.92. The summed E-state index contributed by atoms with van der Waals surface area (Å²) in [5, 5.41) is 6.70. The predicted octanol–water partition coefficient (Wildman–Crippen LogP) is 5.21. The van der Waals surface area contributed by atoms with Gasteiger partial charge in [0.2, 0.25) is 5.95 Å². The molecule has 150 valence electrons. The van der Waals surface area contributed by atoms with E-state index in [-0.39, 0.29) is 0 Å². The summed E-state index contributed by atoms with van der Waals surface area (Å²) >= 11 is 0. The molecule has 6 nitrogen and oxygen atoms in total. The number of rotatable bonds is 7. The van der Waals surface area contributed by atoms with Crippen LogP contribution in [0.5, 0.6) is 5.75 Å². The van der Waals surface area contributed by atoms with Gasteiger partial charge in [0, 0.05) is 30.6 Å². The molecule has 0 bridgehead atoms. The highest BCUT2D eigenvalue weighted by molar-refractivity contribution is 5.68. The van der Waals surface area contributed by atoms with Crippen LogP contribution in [0.1, 0.15) is 11.1 Å². The van der Waals surface area contributed by atoms with E-state index in [1.807, 2.05) is 73.7 Å². The van der Waals surface area contributed by atoms with Gasteiger partial charge in [-0.3, -0.25) is 4.98 Å². The normalized spacial score (nSPS) is 10.5. The van der Waals surface area contributed by atoms with Crippen molar-refractivity contribution in [2.24, 2.45) is 0 Å². The molecule has 6 heteroatoms. The van der Waals surface area contributed by atoms with Crippen LogP contribution in [0.2, 0.25) is 0 Å². The number of methoxy groups -OCH3 is 1. The van der Waals surface area contributed by atoms with Crippen molar-refractivity contribution in [1.29, 1.82) is 0 Å². The molecule has 4 rings (SSSR count). The average Bonchev–Trinajstić information content (AvgIpc) is 2.79. The summed E-state index contributed by atoms with van der Waals surface area (Å²) in [6.07, 6.45) is 3.56. The standard InChI is InChI=1S/C24H23N5O/c1-17-8-9-22(30-2)21(14-17)28-24-27-20(19-6-4-3-5-7-19)15-23(29-24)26-16-18-10-12-25-13-11-18/h3-15H,16H2,1-2H3,(H2,26,27,28,29). The second-order valence-electron chi connectivity index (χ2n) is 6.87. The van der Waals surface area contributed by atoms with E-state index < -0.39 is 0 Å². The lowest BCUT2D eigenvalue weighted by atomic mass is 10.1. The fourth-order valence-electron chi connectivity index (χ4n) is 3.08. The maximum Gasteiger partial charge on any atom is 0.229 e. The lowest BCUT2D eigenvalue weighted by Gasteiger charge is -2.14. The number of aryl methyl sites for hydroxylation is 1. The fraction of sp³-hybridized carbons (Fsp3) is 0.125. The van der Waals surface area contributed by atoms with E-state index in [4.69, 9.17) is 9.72 Å². The van der Waals surface area contributed by atoms with Crippen LogP contribution < -0.4 is 15.4 Å². The number of pyridine rings is 1.